The molecule has 0 saturated carbocycles. The first kappa shape index (κ1) is 16.1. The zero-order valence-corrected chi connectivity index (χ0v) is 14.1. The van der Waals surface area contributed by atoms with Gasteiger partial charge in [0.15, 0.2) is 0 Å². The Morgan fingerprint density at radius 2 is 2.12 bits per heavy atom. The van der Waals surface area contributed by atoms with Crippen LogP contribution in [0.25, 0.3) is 10.9 Å². The van der Waals surface area contributed by atoms with Crippen LogP contribution in [0, 0.1) is 13.8 Å². The number of aromatic nitrogens is 2. The summed E-state index contributed by atoms with van der Waals surface area (Å²) in [5.41, 5.74) is 4.75. The average molecular weight is 323 g/mol. The van der Waals surface area contributed by atoms with Crippen molar-refractivity contribution >= 4 is 16.8 Å². The third-order valence-corrected chi connectivity index (χ3v) is 4.13. The molecule has 5 heteroatoms. The molecule has 0 saturated heterocycles. The number of H-pyrrole nitrogens is 1. The van der Waals surface area contributed by atoms with E-state index in [9.17, 15) is 4.79 Å². The third-order valence-electron chi connectivity index (χ3n) is 4.13. The van der Waals surface area contributed by atoms with Gasteiger partial charge in [-0.25, -0.2) is 4.98 Å². The van der Waals surface area contributed by atoms with Crippen LogP contribution >= 0.6 is 0 Å². The number of carbonyl (C=O) groups excluding carboxylic acids is 1. The molecule has 5 nitrogen and oxygen atoms in total. The Hall–Kier alpha value is -2.82. The van der Waals surface area contributed by atoms with Gasteiger partial charge in [-0.15, -0.1) is 0 Å². The van der Waals surface area contributed by atoms with Gasteiger partial charge in [0.1, 0.15) is 0 Å². The van der Waals surface area contributed by atoms with Gasteiger partial charge in [-0.05, 0) is 44.0 Å². The van der Waals surface area contributed by atoms with Gasteiger partial charge in [-0.1, -0.05) is 12.1 Å². The third kappa shape index (κ3) is 3.11. The van der Waals surface area contributed by atoms with Crippen LogP contribution in [0.3, 0.4) is 0 Å². The Bertz CT molecular complexity index is 883. The fourth-order valence-corrected chi connectivity index (χ4v) is 2.74. The van der Waals surface area contributed by atoms with Gasteiger partial charge >= 0.3 is 0 Å². The summed E-state index contributed by atoms with van der Waals surface area (Å²) < 4.78 is 5.38. The number of rotatable bonds is 5. The molecular formula is C19H21N3O2. The summed E-state index contributed by atoms with van der Waals surface area (Å²) >= 11 is 0. The predicted octanol–water partition coefficient (Wildman–Crippen LogP) is 3.51. The molecule has 2 N–H and O–H groups in total. The summed E-state index contributed by atoms with van der Waals surface area (Å²) in [7, 11) is 0. The number of nitrogens with zero attached hydrogens (tertiary/aromatic N) is 1. The van der Waals surface area contributed by atoms with Crippen molar-refractivity contribution in [1.29, 1.82) is 0 Å². The van der Waals surface area contributed by atoms with Gasteiger partial charge in [0.2, 0.25) is 5.88 Å². The van der Waals surface area contributed by atoms with E-state index in [0.717, 1.165) is 22.2 Å². The van der Waals surface area contributed by atoms with Crippen molar-refractivity contribution in [3.05, 3.63) is 58.9 Å². The van der Waals surface area contributed by atoms with Gasteiger partial charge in [-0.3, -0.25) is 4.79 Å². The molecule has 0 bridgehead atoms. The van der Waals surface area contributed by atoms with Crippen LogP contribution < -0.4 is 10.1 Å². The van der Waals surface area contributed by atoms with Crippen LogP contribution in [-0.2, 0) is 6.54 Å². The number of aromatic amines is 1. The highest BCUT2D eigenvalue weighted by Crippen LogP contribution is 2.24. The zero-order valence-electron chi connectivity index (χ0n) is 14.1. The molecule has 2 heterocycles. The van der Waals surface area contributed by atoms with Crippen LogP contribution in [0.2, 0.25) is 0 Å². The second kappa shape index (κ2) is 6.74. The molecule has 2 aromatic heterocycles. The van der Waals surface area contributed by atoms with E-state index < -0.39 is 0 Å². The molecular weight excluding hydrogens is 302 g/mol. The second-order valence-corrected chi connectivity index (χ2v) is 5.72. The molecule has 0 aliphatic rings. The van der Waals surface area contributed by atoms with Gasteiger partial charge in [0.25, 0.3) is 5.91 Å². The molecule has 0 aliphatic heterocycles. The highest BCUT2D eigenvalue weighted by molar-refractivity contribution is 6.06. The molecule has 3 aromatic rings. The lowest BCUT2D eigenvalue weighted by atomic mass is 10.1. The molecule has 0 radical (unpaired) electrons. The van der Waals surface area contributed by atoms with Crippen LogP contribution in [0.4, 0.5) is 0 Å². The van der Waals surface area contributed by atoms with Crippen molar-refractivity contribution in [3.8, 4) is 5.88 Å². The van der Waals surface area contributed by atoms with Crippen molar-refractivity contribution in [3.63, 3.8) is 0 Å². The highest BCUT2D eigenvalue weighted by Gasteiger charge is 2.13. The number of para-hydroxylation sites is 1. The van der Waals surface area contributed by atoms with Crippen molar-refractivity contribution in [1.82, 2.24) is 15.3 Å². The van der Waals surface area contributed by atoms with Crippen LogP contribution in [-0.4, -0.2) is 22.5 Å². The molecule has 3 rings (SSSR count). The summed E-state index contributed by atoms with van der Waals surface area (Å²) in [5, 5.41) is 4.05. The van der Waals surface area contributed by atoms with E-state index in [1.54, 1.807) is 6.20 Å². The Balaban J connectivity index is 1.78. The summed E-state index contributed by atoms with van der Waals surface area (Å²) in [6, 6.07) is 9.49. The number of benzene rings is 1. The summed E-state index contributed by atoms with van der Waals surface area (Å²) in [6.45, 7) is 6.98. The number of fused-ring (bicyclic) bond motifs is 1. The standard InChI is InChI=1S/C19H21N3O2/c1-4-24-17-10-14(8-9-20-17)11-21-19(23)16-7-5-6-15-12(2)13(3)22-18(15)16/h5-10,22H,4,11H2,1-3H3,(H,21,23). The minimum atomic E-state index is -0.100. The highest BCUT2D eigenvalue weighted by atomic mass is 16.5. The number of amides is 1. The monoisotopic (exact) mass is 323 g/mol. The first-order valence-electron chi connectivity index (χ1n) is 8.04. The van der Waals surface area contributed by atoms with Gasteiger partial charge in [-0.2, -0.15) is 0 Å². The summed E-state index contributed by atoms with van der Waals surface area (Å²) in [4.78, 5) is 20.0. The Kier molecular flexibility index (Phi) is 4.51. The van der Waals surface area contributed by atoms with Gasteiger partial charge < -0.3 is 15.0 Å². The minimum absolute atomic E-state index is 0.100. The smallest absolute Gasteiger partial charge is 0.253 e. The van der Waals surface area contributed by atoms with Gasteiger partial charge in [0, 0.05) is 29.9 Å². The maximum absolute atomic E-state index is 12.6. The maximum Gasteiger partial charge on any atom is 0.253 e. The van der Waals surface area contributed by atoms with Crippen molar-refractivity contribution in [2.75, 3.05) is 6.61 Å². The van der Waals surface area contributed by atoms with E-state index >= 15 is 0 Å². The van der Waals surface area contributed by atoms with E-state index in [0.29, 0.717) is 24.6 Å². The van der Waals surface area contributed by atoms with Crippen LogP contribution in [0.1, 0.15) is 34.1 Å². The number of hydrogen-bond donors (Lipinski definition) is 2. The molecule has 0 unspecified atom stereocenters. The molecule has 1 aromatic carbocycles. The Labute approximate surface area is 141 Å². The molecule has 0 spiro atoms. The lowest BCUT2D eigenvalue weighted by molar-refractivity contribution is 0.0952. The predicted molar refractivity (Wildman–Crippen MR) is 94.3 cm³/mol. The van der Waals surface area contributed by atoms with Crippen molar-refractivity contribution in [2.24, 2.45) is 0 Å². The molecule has 24 heavy (non-hydrogen) atoms. The summed E-state index contributed by atoms with van der Waals surface area (Å²) in [5.74, 6) is 0.471. The molecule has 0 fully saturated rings. The van der Waals surface area contributed by atoms with Crippen LogP contribution in [0.15, 0.2) is 36.5 Å². The van der Waals surface area contributed by atoms with E-state index in [-0.39, 0.29) is 5.91 Å². The molecule has 0 aliphatic carbocycles. The lowest BCUT2D eigenvalue weighted by Gasteiger charge is -2.08. The van der Waals surface area contributed by atoms with E-state index in [1.807, 2.05) is 44.2 Å². The number of aryl methyl sites for hydroxylation is 2. The van der Waals surface area contributed by atoms with Gasteiger partial charge in [0.05, 0.1) is 17.7 Å². The zero-order chi connectivity index (χ0) is 17.1. The Morgan fingerprint density at radius 3 is 2.92 bits per heavy atom. The first-order chi connectivity index (χ1) is 11.6. The molecule has 124 valence electrons. The second-order valence-electron chi connectivity index (χ2n) is 5.72. The lowest BCUT2D eigenvalue weighted by Crippen LogP contribution is -2.23. The van der Waals surface area contributed by atoms with E-state index in [4.69, 9.17) is 4.74 Å². The Morgan fingerprint density at radius 1 is 1.29 bits per heavy atom. The number of ether oxygens (including phenoxy) is 1. The number of carbonyl (C=O) groups is 1. The quantitative estimate of drug-likeness (QED) is 0.755. The normalized spacial score (nSPS) is 10.8. The van der Waals surface area contributed by atoms with Crippen molar-refractivity contribution < 1.29 is 9.53 Å². The average Bonchev–Trinajstić information content (AvgIpc) is 2.88. The first-order valence-corrected chi connectivity index (χ1v) is 8.04. The topological polar surface area (TPSA) is 67.0 Å². The minimum Gasteiger partial charge on any atom is -0.478 e. The van der Waals surface area contributed by atoms with E-state index in [1.165, 1.54) is 5.56 Å². The number of hydrogen-bond acceptors (Lipinski definition) is 3. The van der Waals surface area contributed by atoms with Crippen LogP contribution in [0.5, 0.6) is 5.88 Å². The molecule has 1 amide bonds. The summed E-state index contributed by atoms with van der Waals surface area (Å²) in [6.07, 6.45) is 1.69. The number of pyridine rings is 1. The fraction of sp³-hybridized carbons (Fsp3) is 0.263. The maximum atomic E-state index is 12.6. The fourth-order valence-electron chi connectivity index (χ4n) is 2.74. The largest absolute Gasteiger partial charge is 0.478 e. The SMILES string of the molecule is CCOc1cc(CNC(=O)c2cccc3c(C)c(C)[nH]c23)ccn1. The number of nitrogens with one attached hydrogen (secondary N) is 2. The molecule has 0 atom stereocenters. The van der Waals surface area contributed by atoms with Crippen molar-refractivity contribution in [2.45, 2.75) is 27.3 Å². The van der Waals surface area contributed by atoms with E-state index in [2.05, 4.69) is 22.2 Å².